The molecule has 3 rings (SSSR count). The monoisotopic (exact) mass is 382 g/mol. The Labute approximate surface area is 162 Å². The van der Waals surface area contributed by atoms with E-state index < -0.39 is 0 Å². The maximum Gasteiger partial charge on any atom is 0.343 e. The molecule has 2 aromatic carbocycles. The molecule has 1 aromatic heterocycles. The van der Waals surface area contributed by atoms with E-state index in [1.54, 1.807) is 7.05 Å². The fourth-order valence-electron chi connectivity index (χ4n) is 2.90. The maximum absolute atomic E-state index is 12.1. The summed E-state index contributed by atoms with van der Waals surface area (Å²) in [5, 5.41) is 9.71. The molecular weight excluding hydrogens is 360 g/mol. The zero-order valence-corrected chi connectivity index (χ0v) is 15.9. The second-order valence-corrected chi connectivity index (χ2v) is 7.11. The van der Waals surface area contributed by atoms with Crippen LogP contribution in [0.15, 0.2) is 70.6 Å². The average molecular weight is 382 g/mol. The summed E-state index contributed by atoms with van der Waals surface area (Å²) < 4.78 is 1.39. The van der Waals surface area contributed by atoms with Gasteiger partial charge < -0.3 is 5.32 Å². The molecule has 0 spiro atoms. The first-order valence-electron chi connectivity index (χ1n) is 8.76. The van der Waals surface area contributed by atoms with E-state index in [0.29, 0.717) is 11.7 Å². The number of aromatic nitrogens is 3. The Morgan fingerprint density at radius 3 is 2.22 bits per heavy atom. The first-order chi connectivity index (χ1) is 13.1. The van der Waals surface area contributed by atoms with Gasteiger partial charge in [0.15, 0.2) is 5.16 Å². The van der Waals surface area contributed by atoms with Gasteiger partial charge in [-0.3, -0.25) is 9.36 Å². The van der Waals surface area contributed by atoms with E-state index in [0.717, 1.165) is 6.42 Å². The standard InChI is InChI=1S/C20H22N4O2S/c1-24-19(26)22-23-20(24)27-14-18(25)21-13-12-17(15-8-4-2-5-9-15)16-10-6-3-7-11-16/h2-11,17H,12-14H2,1H3,(H,21,25)(H,22,26). The fraction of sp³-hybridized carbons (Fsp3) is 0.250. The van der Waals surface area contributed by atoms with Crippen molar-refractivity contribution in [3.05, 3.63) is 82.3 Å². The lowest BCUT2D eigenvalue weighted by atomic mass is 9.88. The van der Waals surface area contributed by atoms with Crippen LogP contribution in [0.25, 0.3) is 0 Å². The van der Waals surface area contributed by atoms with Crippen molar-refractivity contribution < 1.29 is 4.79 Å². The van der Waals surface area contributed by atoms with Crippen LogP contribution in [0.4, 0.5) is 0 Å². The fourth-order valence-corrected chi connectivity index (χ4v) is 3.64. The minimum Gasteiger partial charge on any atom is -0.355 e. The van der Waals surface area contributed by atoms with E-state index in [4.69, 9.17) is 0 Å². The summed E-state index contributed by atoms with van der Waals surface area (Å²) in [4.78, 5) is 23.5. The molecule has 6 nitrogen and oxygen atoms in total. The van der Waals surface area contributed by atoms with Crippen molar-refractivity contribution in [2.75, 3.05) is 12.3 Å². The minimum atomic E-state index is -0.286. The van der Waals surface area contributed by atoms with Gasteiger partial charge in [0.25, 0.3) is 0 Å². The molecule has 0 saturated heterocycles. The van der Waals surface area contributed by atoms with Gasteiger partial charge in [0.2, 0.25) is 5.91 Å². The number of H-pyrrole nitrogens is 1. The Balaban J connectivity index is 1.55. The van der Waals surface area contributed by atoms with E-state index in [-0.39, 0.29) is 23.3 Å². The molecule has 0 aliphatic heterocycles. The van der Waals surface area contributed by atoms with Crippen LogP contribution < -0.4 is 11.0 Å². The van der Waals surface area contributed by atoms with E-state index in [9.17, 15) is 9.59 Å². The largest absolute Gasteiger partial charge is 0.355 e. The number of amides is 1. The van der Waals surface area contributed by atoms with Gasteiger partial charge in [0, 0.05) is 19.5 Å². The number of hydrogen-bond donors (Lipinski definition) is 2. The Bertz CT molecular complexity index is 882. The Morgan fingerprint density at radius 1 is 1.11 bits per heavy atom. The number of benzene rings is 2. The number of nitrogens with zero attached hydrogens (tertiary/aromatic N) is 2. The first-order valence-corrected chi connectivity index (χ1v) is 9.74. The number of aromatic amines is 1. The smallest absolute Gasteiger partial charge is 0.343 e. The lowest BCUT2D eigenvalue weighted by Gasteiger charge is -2.18. The van der Waals surface area contributed by atoms with Crippen LogP contribution in [0.3, 0.4) is 0 Å². The molecule has 140 valence electrons. The van der Waals surface area contributed by atoms with Gasteiger partial charge in [0.05, 0.1) is 5.75 Å². The second-order valence-electron chi connectivity index (χ2n) is 6.17. The molecule has 0 radical (unpaired) electrons. The topological polar surface area (TPSA) is 79.8 Å². The van der Waals surface area contributed by atoms with Gasteiger partial charge in [-0.05, 0) is 17.5 Å². The molecule has 0 aliphatic carbocycles. The summed E-state index contributed by atoms with van der Waals surface area (Å²) in [6.45, 7) is 0.577. The van der Waals surface area contributed by atoms with Crippen molar-refractivity contribution in [2.24, 2.45) is 7.05 Å². The van der Waals surface area contributed by atoms with Crippen LogP contribution in [0.2, 0.25) is 0 Å². The second kappa shape index (κ2) is 9.23. The molecule has 0 unspecified atom stereocenters. The zero-order chi connectivity index (χ0) is 19.1. The Kier molecular flexibility index (Phi) is 6.49. The lowest BCUT2D eigenvalue weighted by molar-refractivity contribution is -0.118. The average Bonchev–Trinajstić information content (AvgIpc) is 3.03. The normalized spacial score (nSPS) is 10.9. The molecule has 0 bridgehead atoms. The van der Waals surface area contributed by atoms with Gasteiger partial charge in [-0.25, -0.2) is 9.89 Å². The summed E-state index contributed by atoms with van der Waals surface area (Å²) >= 11 is 1.24. The molecule has 1 amide bonds. The van der Waals surface area contributed by atoms with Gasteiger partial charge in [0.1, 0.15) is 0 Å². The third-order valence-corrected chi connectivity index (χ3v) is 5.36. The maximum atomic E-state index is 12.1. The summed E-state index contributed by atoms with van der Waals surface area (Å²) in [6.07, 6.45) is 0.811. The van der Waals surface area contributed by atoms with Crippen molar-refractivity contribution >= 4 is 17.7 Å². The van der Waals surface area contributed by atoms with Crippen molar-refractivity contribution in [1.82, 2.24) is 20.1 Å². The number of thioether (sulfide) groups is 1. The third kappa shape index (κ3) is 5.10. The molecule has 27 heavy (non-hydrogen) atoms. The third-order valence-electron chi connectivity index (χ3n) is 4.33. The van der Waals surface area contributed by atoms with Crippen molar-refractivity contribution in [2.45, 2.75) is 17.5 Å². The molecule has 7 heteroatoms. The van der Waals surface area contributed by atoms with Gasteiger partial charge in [-0.1, -0.05) is 72.4 Å². The number of nitrogens with one attached hydrogen (secondary N) is 2. The van der Waals surface area contributed by atoms with E-state index in [1.165, 1.54) is 27.5 Å². The van der Waals surface area contributed by atoms with Crippen LogP contribution in [-0.4, -0.2) is 33.0 Å². The van der Waals surface area contributed by atoms with Crippen LogP contribution >= 0.6 is 11.8 Å². The summed E-state index contributed by atoms with van der Waals surface area (Å²) in [5.74, 6) is 0.377. The van der Waals surface area contributed by atoms with Crippen LogP contribution in [-0.2, 0) is 11.8 Å². The molecule has 0 fully saturated rings. The molecule has 0 saturated carbocycles. The highest BCUT2D eigenvalue weighted by atomic mass is 32.2. The highest BCUT2D eigenvalue weighted by Crippen LogP contribution is 2.27. The molecule has 3 aromatic rings. The summed E-state index contributed by atoms with van der Waals surface area (Å²) in [6, 6.07) is 20.6. The van der Waals surface area contributed by atoms with Gasteiger partial charge in [-0.15, -0.1) is 5.10 Å². The molecule has 1 heterocycles. The van der Waals surface area contributed by atoms with E-state index in [2.05, 4.69) is 39.8 Å². The predicted octanol–water partition coefficient (Wildman–Crippen LogP) is 2.54. The highest BCUT2D eigenvalue weighted by Gasteiger charge is 2.14. The van der Waals surface area contributed by atoms with Crippen molar-refractivity contribution in [3.8, 4) is 0 Å². The number of carbonyl (C=O) groups is 1. The summed E-state index contributed by atoms with van der Waals surface area (Å²) in [7, 11) is 1.62. The number of rotatable bonds is 8. The quantitative estimate of drug-likeness (QED) is 0.587. The van der Waals surface area contributed by atoms with E-state index in [1.807, 2.05) is 36.4 Å². The highest BCUT2D eigenvalue weighted by molar-refractivity contribution is 7.99. The first kappa shape index (κ1) is 19.0. The van der Waals surface area contributed by atoms with Crippen LogP contribution in [0, 0.1) is 0 Å². The number of hydrogen-bond acceptors (Lipinski definition) is 4. The van der Waals surface area contributed by atoms with Crippen molar-refractivity contribution in [3.63, 3.8) is 0 Å². The molecule has 0 aliphatic rings. The minimum absolute atomic E-state index is 0.0738. The summed E-state index contributed by atoms with van der Waals surface area (Å²) in [5.41, 5.74) is 2.18. The Morgan fingerprint density at radius 2 is 1.70 bits per heavy atom. The molecule has 2 N–H and O–H groups in total. The van der Waals surface area contributed by atoms with Gasteiger partial charge >= 0.3 is 5.69 Å². The SMILES string of the molecule is Cn1c(SCC(=O)NCCC(c2ccccc2)c2ccccc2)n[nH]c1=O. The Hall–Kier alpha value is -2.80. The number of carbonyl (C=O) groups excluding carboxylic acids is 1. The van der Waals surface area contributed by atoms with Crippen LogP contribution in [0.5, 0.6) is 0 Å². The lowest BCUT2D eigenvalue weighted by Crippen LogP contribution is -2.27. The zero-order valence-electron chi connectivity index (χ0n) is 15.1. The van der Waals surface area contributed by atoms with Crippen LogP contribution in [0.1, 0.15) is 23.5 Å². The van der Waals surface area contributed by atoms with Gasteiger partial charge in [-0.2, -0.15) is 0 Å². The van der Waals surface area contributed by atoms with Crippen molar-refractivity contribution in [1.29, 1.82) is 0 Å². The molecule has 0 atom stereocenters. The van der Waals surface area contributed by atoms with E-state index >= 15 is 0 Å². The molecular formula is C20H22N4O2S. The predicted molar refractivity (Wildman–Crippen MR) is 107 cm³/mol.